The van der Waals surface area contributed by atoms with Gasteiger partial charge in [-0.25, -0.2) is 4.39 Å². The maximum atomic E-state index is 13.7. The Morgan fingerprint density at radius 1 is 1.17 bits per heavy atom. The molecule has 7 heteroatoms. The predicted molar refractivity (Wildman–Crippen MR) is 106 cm³/mol. The number of likely N-dealkylation sites (N-methyl/N-ethyl adjacent to an activating group) is 1. The molecule has 0 saturated carbocycles. The van der Waals surface area contributed by atoms with E-state index in [-0.39, 0.29) is 29.7 Å². The minimum Gasteiger partial charge on any atom is -0.337 e. The van der Waals surface area contributed by atoms with Crippen molar-refractivity contribution >= 4 is 17.5 Å². The SMILES string of the molecule is CN1CC(=O)N(c2cccc(F)c2)C[C@@]12CCN(C(=O)c1ccc(C#N)cc1)C2. The fourth-order valence-corrected chi connectivity index (χ4v) is 4.18. The highest BCUT2D eigenvalue weighted by Gasteiger charge is 2.48. The van der Waals surface area contributed by atoms with Gasteiger partial charge in [0.05, 0.1) is 23.7 Å². The standard InChI is InChI=1S/C22H21FN4O2/c1-25-13-20(28)27(19-4-2-3-18(23)11-19)15-22(25)9-10-26(14-22)21(29)17-7-5-16(12-24)6-8-17/h2-8,11H,9-10,13-15H2,1H3/t22-/m0/s1. The van der Waals surface area contributed by atoms with Crippen LogP contribution in [0.3, 0.4) is 0 Å². The maximum absolute atomic E-state index is 13.7. The zero-order valence-corrected chi connectivity index (χ0v) is 16.1. The van der Waals surface area contributed by atoms with Crippen LogP contribution in [0.4, 0.5) is 10.1 Å². The molecule has 2 amide bonds. The first-order valence-electron chi connectivity index (χ1n) is 9.48. The number of hydrogen-bond donors (Lipinski definition) is 0. The molecule has 2 saturated heterocycles. The predicted octanol–water partition coefficient (Wildman–Crippen LogP) is 2.26. The van der Waals surface area contributed by atoms with Crippen LogP contribution in [0.25, 0.3) is 0 Å². The van der Waals surface area contributed by atoms with Crippen LogP contribution in [0, 0.1) is 17.1 Å². The lowest BCUT2D eigenvalue weighted by molar-refractivity contribution is -0.123. The van der Waals surface area contributed by atoms with E-state index in [9.17, 15) is 14.0 Å². The van der Waals surface area contributed by atoms with Crippen molar-refractivity contribution in [2.75, 3.05) is 38.1 Å². The quantitative estimate of drug-likeness (QED) is 0.786. The summed E-state index contributed by atoms with van der Waals surface area (Å²) in [5, 5.41) is 8.92. The lowest BCUT2D eigenvalue weighted by Gasteiger charge is -2.46. The third-order valence-electron chi connectivity index (χ3n) is 5.94. The number of piperazine rings is 1. The van der Waals surface area contributed by atoms with Gasteiger partial charge in [0.2, 0.25) is 5.91 Å². The van der Waals surface area contributed by atoms with Crippen LogP contribution in [0.2, 0.25) is 0 Å². The van der Waals surface area contributed by atoms with Gasteiger partial charge in [0.1, 0.15) is 5.82 Å². The molecule has 2 aromatic rings. The molecule has 2 aliphatic heterocycles. The van der Waals surface area contributed by atoms with E-state index < -0.39 is 0 Å². The summed E-state index contributed by atoms with van der Waals surface area (Å²) in [5.41, 5.74) is 1.22. The summed E-state index contributed by atoms with van der Waals surface area (Å²) < 4.78 is 13.7. The molecule has 0 N–H and O–H groups in total. The molecule has 2 fully saturated rings. The van der Waals surface area contributed by atoms with Gasteiger partial charge in [-0.3, -0.25) is 14.5 Å². The second-order valence-corrected chi connectivity index (χ2v) is 7.71. The van der Waals surface area contributed by atoms with Gasteiger partial charge in [0.15, 0.2) is 0 Å². The minimum absolute atomic E-state index is 0.0828. The Balaban J connectivity index is 1.55. The number of carbonyl (C=O) groups excluding carboxylic acids is 2. The first-order chi connectivity index (χ1) is 13.9. The largest absolute Gasteiger partial charge is 0.337 e. The van der Waals surface area contributed by atoms with Crippen LogP contribution >= 0.6 is 0 Å². The molecule has 2 heterocycles. The van der Waals surface area contributed by atoms with Crippen LogP contribution in [-0.4, -0.2) is 60.4 Å². The number of hydrogen-bond acceptors (Lipinski definition) is 4. The molecule has 0 radical (unpaired) electrons. The minimum atomic E-state index is -0.382. The first kappa shape index (κ1) is 19.1. The second kappa shape index (κ2) is 7.30. The maximum Gasteiger partial charge on any atom is 0.253 e. The highest BCUT2D eigenvalue weighted by Crippen LogP contribution is 2.34. The average Bonchev–Trinajstić information content (AvgIpc) is 3.16. The molecule has 0 unspecified atom stereocenters. The topological polar surface area (TPSA) is 67.7 Å². The number of carbonyl (C=O) groups is 2. The number of amides is 2. The van der Waals surface area contributed by atoms with Crippen LogP contribution < -0.4 is 4.90 Å². The van der Waals surface area contributed by atoms with E-state index in [1.165, 1.54) is 12.1 Å². The highest BCUT2D eigenvalue weighted by molar-refractivity contribution is 5.97. The Hall–Kier alpha value is -3.24. The number of nitriles is 1. The molecule has 0 bridgehead atoms. The van der Waals surface area contributed by atoms with Crippen LogP contribution in [0.5, 0.6) is 0 Å². The molecule has 29 heavy (non-hydrogen) atoms. The zero-order valence-electron chi connectivity index (χ0n) is 16.1. The summed E-state index contributed by atoms with van der Waals surface area (Å²) in [6, 6.07) is 14.7. The van der Waals surface area contributed by atoms with Crippen molar-refractivity contribution in [1.29, 1.82) is 5.26 Å². The Kier molecular flexibility index (Phi) is 4.81. The van der Waals surface area contributed by atoms with E-state index in [0.717, 1.165) is 6.42 Å². The third kappa shape index (κ3) is 3.47. The van der Waals surface area contributed by atoms with Gasteiger partial charge in [-0.2, -0.15) is 5.26 Å². The lowest BCUT2D eigenvalue weighted by Crippen LogP contribution is -2.64. The Labute approximate surface area is 168 Å². The van der Waals surface area contributed by atoms with Gasteiger partial charge >= 0.3 is 0 Å². The molecule has 1 spiro atoms. The van der Waals surface area contributed by atoms with Crippen molar-refractivity contribution in [1.82, 2.24) is 9.80 Å². The monoisotopic (exact) mass is 392 g/mol. The normalized spacial score (nSPS) is 22.2. The van der Waals surface area contributed by atoms with Gasteiger partial charge in [0, 0.05) is 30.9 Å². The van der Waals surface area contributed by atoms with Crippen molar-refractivity contribution in [3.63, 3.8) is 0 Å². The molecule has 6 nitrogen and oxygen atoms in total. The van der Waals surface area contributed by atoms with Crippen LogP contribution in [0.15, 0.2) is 48.5 Å². The summed E-state index contributed by atoms with van der Waals surface area (Å²) in [7, 11) is 1.90. The second-order valence-electron chi connectivity index (χ2n) is 7.71. The van der Waals surface area contributed by atoms with Crippen LogP contribution in [0.1, 0.15) is 22.3 Å². The van der Waals surface area contributed by atoms with Gasteiger partial charge in [-0.05, 0) is 55.9 Å². The zero-order chi connectivity index (χ0) is 20.6. The summed E-state index contributed by atoms with van der Waals surface area (Å²) in [5.74, 6) is -0.554. The summed E-state index contributed by atoms with van der Waals surface area (Å²) >= 11 is 0. The summed E-state index contributed by atoms with van der Waals surface area (Å²) in [4.78, 5) is 31.0. The molecule has 148 valence electrons. The van der Waals surface area contributed by atoms with E-state index in [2.05, 4.69) is 0 Å². The number of nitrogens with zero attached hydrogens (tertiary/aromatic N) is 4. The number of halogens is 1. The van der Waals surface area contributed by atoms with Gasteiger partial charge in [-0.15, -0.1) is 0 Å². The lowest BCUT2D eigenvalue weighted by atomic mass is 9.92. The molecule has 0 aliphatic carbocycles. The van der Waals surface area contributed by atoms with E-state index in [4.69, 9.17) is 5.26 Å². The molecule has 2 aliphatic rings. The van der Waals surface area contributed by atoms with E-state index in [1.807, 2.05) is 18.0 Å². The molecule has 0 aromatic heterocycles. The van der Waals surface area contributed by atoms with Gasteiger partial charge in [0.25, 0.3) is 5.91 Å². The fourth-order valence-electron chi connectivity index (χ4n) is 4.18. The van der Waals surface area contributed by atoms with Gasteiger partial charge in [-0.1, -0.05) is 6.07 Å². The van der Waals surface area contributed by atoms with E-state index in [0.29, 0.717) is 36.4 Å². The van der Waals surface area contributed by atoms with Crippen LogP contribution in [-0.2, 0) is 4.79 Å². The van der Waals surface area contributed by atoms with Crippen molar-refractivity contribution in [2.24, 2.45) is 0 Å². The average molecular weight is 392 g/mol. The van der Waals surface area contributed by atoms with Crippen molar-refractivity contribution in [3.05, 3.63) is 65.5 Å². The smallest absolute Gasteiger partial charge is 0.253 e. The van der Waals surface area contributed by atoms with Crippen molar-refractivity contribution in [3.8, 4) is 6.07 Å². The Morgan fingerprint density at radius 2 is 1.93 bits per heavy atom. The number of likely N-dealkylation sites (tertiary alicyclic amines) is 1. The Morgan fingerprint density at radius 3 is 2.62 bits per heavy atom. The molecular weight excluding hydrogens is 371 g/mol. The van der Waals surface area contributed by atoms with Crippen molar-refractivity contribution in [2.45, 2.75) is 12.0 Å². The van der Waals surface area contributed by atoms with E-state index >= 15 is 0 Å². The summed E-state index contributed by atoms with van der Waals surface area (Å²) in [6.07, 6.45) is 0.727. The summed E-state index contributed by atoms with van der Waals surface area (Å²) in [6.45, 7) is 1.69. The fraction of sp³-hybridized carbons (Fsp3) is 0.318. The molecule has 1 atom stereocenters. The number of rotatable bonds is 2. The van der Waals surface area contributed by atoms with E-state index in [1.54, 1.807) is 46.2 Å². The Bertz CT molecular complexity index is 1000. The molecular formula is C22H21FN4O2. The molecule has 4 rings (SSSR count). The van der Waals surface area contributed by atoms with Gasteiger partial charge < -0.3 is 9.80 Å². The van der Waals surface area contributed by atoms with Crippen molar-refractivity contribution < 1.29 is 14.0 Å². The number of benzene rings is 2. The number of anilines is 1. The highest BCUT2D eigenvalue weighted by atomic mass is 19.1. The first-order valence-corrected chi connectivity index (χ1v) is 9.48. The third-order valence-corrected chi connectivity index (χ3v) is 5.94. The molecule has 2 aromatic carbocycles.